The van der Waals surface area contributed by atoms with Crippen molar-refractivity contribution in [2.75, 3.05) is 13.7 Å². The Hall–Kier alpha value is -2.58. The van der Waals surface area contributed by atoms with Gasteiger partial charge in [-0.2, -0.15) is 0 Å². The van der Waals surface area contributed by atoms with Gasteiger partial charge in [-0.1, -0.05) is 12.1 Å². The molecule has 0 aliphatic carbocycles. The number of carbonyl (C=O) groups is 1. The standard InChI is InChI=1S/C19H23NO6S/c1-4-26-16-7-5-14(6-8-16)13-19(2,18(21)20-22)27(23,24)17-11-9-15(25-3)10-12-17/h5-12,22H,4,13H2,1-3H3,(H,20,21). The summed E-state index contributed by atoms with van der Waals surface area (Å²) in [6, 6.07) is 12.5. The van der Waals surface area contributed by atoms with Gasteiger partial charge in [0.1, 0.15) is 11.5 Å². The Labute approximate surface area is 158 Å². The zero-order valence-corrected chi connectivity index (χ0v) is 16.2. The van der Waals surface area contributed by atoms with Gasteiger partial charge in [0.2, 0.25) is 0 Å². The van der Waals surface area contributed by atoms with E-state index >= 15 is 0 Å². The summed E-state index contributed by atoms with van der Waals surface area (Å²) < 4.78 is 34.9. The monoisotopic (exact) mass is 393 g/mol. The van der Waals surface area contributed by atoms with E-state index in [9.17, 15) is 13.2 Å². The molecule has 0 aromatic heterocycles. The SMILES string of the molecule is CCOc1ccc(CC(C)(C(=O)NO)S(=O)(=O)c2ccc(OC)cc2)cc1. The number of sulfone groups is 1. The third-order valence-electron chi connectivity index (χ3n) is 4.32. The number of amides is 1. The molecule has 0 radical (unpaired) electrons. The number of nitrogens with one attached hydrogen (secondary N) is 1. The molecule has 0 bridgehead atoms. The van der Waals surface area contributed by atoms with Crippen molar-refractivity contribution in [2.24, 2.45) is 0 Å². The minimum atomic E-state index is -4.11. The summed E-state index contributed by atoms with van der Waals surface area (Å²) >= 11 is 0. The van der Waals surface area contributed by atoms with Crippen molar-refractivity contribution in [3.8, 4) is 11.5 Å². The third-order valence-corrected chi connectivity index (χ3v) is 6.73. The van der Waals surface area contributed by atoms with Crippen LogP contribution in [0.5, 0.6) is 11.5 Å². The normalized spacial score (nSPS) is 13.5. The smallest absolute Gasteiger partial charge is 0.265 e. The molecule has 2 N–H and O–H groups in total. The zero-order valence-electron chi connectivity index (χ0n) is 15.4. The second-order valence-electron chi connectivity index (χ2n) is 6.10. The Morgan fingerprint density at radius 3 is 2.11 bits per heavy atom. The average molecular weight is 393 g/mol. The van der Waals surface area contributed by atoms with Crippen LogP contribution in [0.4, 0.5) is 0 Å². The van der Waals surface area contributed by atoms with E-state index in [1.165, 1.54) is 43.8 Å². The molecule has 1 amide bonds. The lowest BCUT2D eigenvalue weighted by molar-refractivity contribution is -0.131. The number of hydroxylamine groups is 1. The van der Waals surface area contributed by atoms with Crippen molar-refractivity contribution in [1.82, 2.24) is 5.48 Å². The molecule has 0 saturated carbocycles. The zero-order chi connectivity index (χ0) is 20.1. The fourth-order valence-electron chi connectivity index (χ4n) is 2.69. The summed E-state index contributed by atoms with van der Waals surface area (Å²) in [7, 11) is -2.64. The summed E-state index contributed by atoms with van der Waals surface area (Å²) in [6.45, 7) is 3.66. The molecule has 8 heteroatoms. The van der Waals surface area contributed by atoms with E-state index in [1.807, 2.05) is 6.92 Å². The highest BCUT2D eigenvalue weighted by atomic mass is 32.2. The first-order valence-corrected chi connectivity index (χ1v) is 9.81. The van der Waals surface area contributed by atoms with E-state index in [0.717, 1.165) is 0 Å². The number of benzene rings is 2. The first kappa shape index (κ1) is 20.7. The molecule has 0 fully saturated rings. The fraction of sp³-hybridized carbons (Fsp3) is 0.316. The molecule has 27 heavy (non-hydrogen) atoms. The average Bonchev–Trinajstić information content (AvgIpc) is 2.68. The second kappa shape index (κ2) is 8.41. The second-order valence-corrected chi connectivity index (χ2v) is 8.48. The minimum absolute atomic E-state index is 0.0414. The van der Waals surface area contributed by atoms with Crippen molar-refractivity contribution < 1.29 is 27.9 Å². The maximum atomic E-state index is 13.2. The Balaban J connectivity index is 2.43. The largest absolute Gasteiger partial charge is 0.497 e. The van der Waals surface area contributed by atoms with Crippen LogP contribution in [0.2, 0.25) is 0 Å². The van der Waals surface area contributed by atoms with E-state index < -0.39 is 20.5 Å². The maximum absolute atomic E-state index is 13.2. The molecule has 2 aromatic rings. The Morgan fingerprint density at radius 2 is 1.63 bits per heavy atom. The molecule has 0 aliphatic heterocycles. The van der Waals surface area contributed by atoms with Gasteiger partial charge in [0.05, 0.1) is 18.6 Å². The van der Waals surface area contributed by atoms with Gasteiger partial charge in [0.15, 0.2) is 14.6 Å². The van der Waals surface area contributed by atoms with Crippen molar-refractivity contribution in [3.05, 3.63) is 54.1 Å². The topological polar surface area (TPSA) is 102 Å². The van der Waals surface area contributed by atoms with Crippen molar-refractivity contribution in [2.45, 2.75) is 29.9 Å². The molecule has 1 unspecified atom stereocenters. The molecular formula is C19H23NO6S. The lowest BCUT2D eigenvalue weighted by Gasteiger charge is -2.27. The number of methoxy groups -OCH3 is 1. The van der Waals surface area contributed by atoms with Gasteiger partial charge in [-0.15, -0.1) is 0 Å². The van der Waals surface area contributed by atoms with Crippen LogP contribution in [0.25, 0.3) is 0 Å². The Bertz CT molecular complexity index is 877. The molecule has 0 heterocycles. The van der Waals surface area contributed by atoms with Crippen molar-refractivity contribution in [3.63, 3.8) is 0 Å². The highest BCUT2D eigenvalue weighted by molar-refractivity contribution is 7.93. The van der Waals surface area contributed by atoms with E-state index in [4.69, 9.17) is 14.7 Å². The molecule has 7 nitrogen and oxygen atoms in total. The van der Waals surface area contributed by atoms with Crippen LogP contribution >= 0.6 is 0 Å². The van der Waals surface area contributed by atoms with E-state index in [0.29, 0.717) is 23.7 Å². The predicted molar refractivity (Wildman–Crippen MR) is 99.8 cm³/mol. The lowest BCUT2D eigenvalue weighted by Crippen LogP contribution is -2.51. The van der Waals surface area contributed by atoms with Crippen LogP contribution in [0.1, 0.15) is 19.4 Å². The Morgan fingerprint density at radius 1 is 1.07 bits per heavy atom. The highest BCUT2D eigenvalue weighted by Crippen LogP contribution is 2.31. The van der Waals surface area contributed by atoms with Gasteiger partial charge in [-0.25, -0.2) is 13.9 Å². The quantitative estimate of drug-likeness (QED) is 0.527. The molecular weight excluding hydrogens is 370 g/mol. The molecule has 2 rings (SSSR count). The number of hydrogen-bond acceptors (Lipinski definition) is 6. The first-order valence-electron chi connectivity index (χ1n) is 8.33. The molecule has 0 aliphatic rings. The molecule has 2 aromatic carbocycles. The highest BCUT2D eigenvalue weighted by Gasteiger charge is 2.47. The fourth-order valence-corrected chi connectivity index (χ4v) is 4.35. The van der Waals surface area contributed by atoms with Crippen LogP contribution < -0.4 is 15.0 Å². The van der Waals surface area contributed by atoms with Crippen molar-refractivity contribution >= 4 is 15.7 Å². The maximum Gasteiger partial charge on any atom is 0.265 e. The predicted octanol–water partition coefficient (Wildman–Crippen LogP) is 2.37. The van der Waals surface area contributed by atoms with Crippen LogP contribution in [0.3, 0.4) is 0 Å². The number of ether oxygens (including phenoxy) is 2. The van der Waals surface area contributed by atoms with Gasteiger partial charge < -0.3 is 9.47 Å². The number of carbonyl (C=O) groups excluding carboxylic acids is 1. The van der Waals surface area contributed by atoms with Gasteiger partial charge in [0.25, 0.3) is 5.91 Å². The minimum Gasteiger partial charge on any atom is -0.497 e. The third kappa shape index (κ3) is 4.23. The molecule has 1 atom stereocenters. The lowest BCUT2D eigenvalue weighted by atomic mass is 9.99. The van der Waals surface area contributed by atoms with Crippen LogP contribution in [-0.4, -0.2) is 38.0 Å². The molecule has 0 spiro atoms. The number of hydrogen-bond donors (Lipinski definition) is 2. The van der Waals surface area contributed by atoms with Gasteiger partial charge >= 0.3 is 0 Å². The summed E-state index contributed by atoms with van der Waals surface area (Å²) in [5, 5.41) is 9.15. The Kier molecular flexibility index (Phi) is 6.45. The van der Waals surface area contributed by atoms with Gasteiger partial charge in [-0.05, 0) is 55.8 Å². The van der Waals surface area contributed by atoms with Gasteiger partial charge in [-0.3, -0.25) is 10.0 Å². The van der Waals surface area contributed by atoms with Crippen molar-refractivity contribution in [1.29, 1.82) is 0 Å². The molecule has 0 saturated heterocycles. The molecule has 146 valence electrons. The van der Waals surface area contributed by atoms with Crippen LogP contribution in [0.15, 0.2) is 53.4 Å². The van der Waals surface area contributed by atoms with E-state index in [1.54, 1.807) is 24.3 Å². The first-order chi connectivity index (χ1) is 12.8. The summed E-state index contributed by atoms with van der Waals surface area (Å²) in [5.41, 5.74) is 2.10. The van der Waals surface area contributed by atoms with Crippen LogP contribution in [-0.2, 0) is 21.1 Å². The van der Waals surface area contributed by atoms with Crippen LogP contribution in [0, 0.1) is 0 Å². The van der Waals surface area contributed by atoms with Gasteiger partial charge in [0, 0.05) is 6.42 Å². The summed E-state index contributed by atoms with van der Waals surface area (Å²) in [5.74, 6) is 0.133. The summed E-state index contributed by atoms with van der Waals surface area (Å²) in [6.07, 6.45) is -0.125. The summed E-state index contributed by atoms with van der Waals surface area (Å²) in [4.78, 5) is 12.3. The number of rotatable bonds is 8. The van der Waals surface area contributed by atoms with E-state index in [-0.39, 0.29) is 11.3 Å². The van der Waals surface area contributed by atoms with E-state index in [2.05, 4.69) is 0 Å².